The van der Waals surface area contributed by atoms with E-state index in [1.54, 1.807) is 0 Å². The molecule has 1 aliphatic rings. The second-order valence-electron chi connectivity index (χ2n) is 6.70. The Morgan fingerprint density at radius 2 is 1.96 bits per heavy atom. The minimum atomic E-state index is 0.0856. The van der Waals surface area contributed by atoms with E-state index in [1.165, 1.54) is 49.4 Å². The smallest absolute Gasteiger partial charge is 0.230 e. The Labute approximate surface area is 153 Å². The summed E-state index contributed by atoms with van der Waals surface area (Å²) >= 11 is 1.46. The predicted molar refractivity (Wildman–Crippen MR) is 101 cm³/mol. The average Bonchev–Trinajstić information content (AvgIpc) is 3.00. The first-order chi connectivity index (χ1) is 12.2. The topological polar surface area (TPSA) is 59.8 Å². The van der Waals surface area contributed by atoms with Gasteiger partial charge < -0.3 is 9.88 Å². The number of aryl methyl sites for hydroxylation is 1. The molecule has 0 aliphatic heterocycles. The zero-order valence-corrected chi connectivity index (χ0v) is 15.6. The Bertz CT molecular complexity index is 680. The van der Waals surface area contributed by atoms with Crippen LogP contribution in [0.5, 0.6) is 0 Å². The van der Waals surface area contributed by atoms with Gasteiger partial charge in [-0.15, -0.1) is 10.2 Å². The van der Waals surface area contributed by atoms with Crippen LogP contribution >= 0.6 is 11.8 Å². The number of hydrogen-bond acceptors (Lipinski definition) is 4. The fraction of sp³-hybridized carbons (Fsp3) is 0.526. The third kappa shape index (κ3) is 5.33. The first-order valence-corrected chi connectivity index (χ1v) is 10.0. The van der Waals surface area contributed by atoms with Crippen LogP contribution in [-0.2, 0) is 11.3 Å². The molecule has 1 amide bonds. The predicted octanol–water partition coefficient (Wildman–Crippen LogP) is 3.42. The molecule has 1 aromatic heterocycles. The van der Waals surface area contributed by atoms with Crippen LogP contribution in [-0.4, -0.2) is 33.0 Å². The summed E-state index contributed by atoms with van der Waals surface area (Å²) in [6.45, 7) is 3.49. The molecule has 2 aromatic rings. The van der Waals surface area contributed by atoms with E-state index in [2.05, 4.69) is 32.2 Å². The van der Waals surface area contributed by atoms with Gasteiger partial charge in [-0.1, -0.05) is 61.4 Å². The standard InChI is InChI=1S/C19H26N4OS/c1-15-21-22-19(23(15)13-17-10-6-3-7-11-17)25-14-18(24)20-12-16-8-4-2-5-9-16/h3,6-7,10-11,16H,2,4-5,8-9,12-14H2,1H3,(H,20,24). The minimum absolute atomic E-state index is 0.0856. The quantitative estimate of drug-likeness (QED) is 0.771. The molecule has 0 bridgehead atoms. The van der Waals surface area contributed by atoms with E-state index >= 15 is 0 Å². The maximum atomic E-state index is 12.1. The maximum Gasteiger partial charge on any atom is 0.230 e. The van der Waals surface area contributed by atoms with Crippen molar-refractivity contribution in [1.82, 2.24) is 20.1 Å². The van der Waals surface area contributed by atoms with Gasteiger partial charge in [0.2, 0.25) is 5.91 Å². The van der Waals surface area contributed by atoms with Crippen LogP contribution in [0.1, 0.15) is 43.5 Å². The molecular formula is C19H26N4OS. The SMILES string of the molecule is Cc1nnc(SCC(=O)NCC2CCCCC2)n1Cc1ccccc1. The van der Waals surface area contributed by atoms with Crippen molar-refractivity contribution >= 4 is 17.7 Å². The van der Waals surface area contributed by atoms with Gasteiger partial charge in [0.15, 0.2) is 5.16 Å². The van der Waals surface area contributed by atoms with E-state index in [9.17, 15) is 4.79 Å². The van der Waals surface area contributed by atoms with E-state index in [4.69, 9.17) is 0 Å². The van der Waals surface area contributed by atoms with Gasteiger partial charge in [-0.05, 0) is 31.2 Å². The highest BCUT2D eigenvalue weighted by Gasteiger charge is 2.15. The Morgan fingerprint density at radius 3 is 2.72 bits per heavy atom. The molecule has 134 valence electrons. The summed E-state index contributed by atoms with van der Waals surface area (Å²) in [6.07, 6.45) is 6.45. The van der Waals surface area contributed by atoms with Crippen LogP contribution in [0.4, 0.5) is 0 Å². The van der Waals surface area contributed by atoms with Crippen molar-refractivity contribution in [3.8, 4) is 0 Å². The molecule has 0 radical (unpaired) electrons. The van der Waals surface area contributed by atoms with E-state index in [-0.39, 0.29) is 5.91 Å². The van der Waals surface area contributed by atoms with Gasteiger partial charge >= 0.3 is 0 Å². The van der Waals surface area contributed by atoms with Gasteiger partial charge in [-0.2, -0.15) is 0 Å². The fourth-order valence-electron chi connectivity index (χ4n) is 3.25. The molecule has 0 saturated heterocycles. The van der Waals surface area contributed by atoms with Gasteiger partial charge in [-0.25, -0.2) is 0 Å². The molecule has 1 aliphatic carbocycles. The van der Waals surface area contributed by atoms with Crippen molar-refractivity contribution in [2.24, 2.45) is 5.92 Å². The number of aromatic nitrogens is 3. The molecule has 25 heavy (non-hydrogen) atoms. The summed E-state index contributed by atoms with van der Waals surface area (Å²) in [7, 11) is 0. The van der Waals surface area contributed by atoms with Crippen LogP contribution in [0, 0.1) is 12.8 Å². The van der Waals surface area contributed by atoms with Crippen molar-refractivity contribution in [2.45, 2.75) is 50.7 Å². The Kier molecular flexibility index (Phi) is 6.50. The lowest BCUT2D eigenvalue weighted by Gasteiger charge is -2.21. The lowest BCUT2D eigenvalue weighted by Crippen LogP contribution is -2.31. The third-order valence-electron chi connectivity index (χ3n) is 4.73. The van der Waals surface area contributed by atoms with E-state index in [0.29, 0.717) is 11.7 Å². The summed E-state index contributed by atoms with van der Waals surface area (Å²) in [4.78, 5) is 12.1. The minimum Gasteiger partial charge on any atom is -0.355 e. The number of rotatable bonds is 7. The molecule has 1 saturated carbocycles. The number of nitrogens with zero attached hydrogens (tertiary/aromatic N) is 3. The zero-order chi connectivity index (χ0) is 17.5. The largest absolute Gasteiger partial charge is 0.355 e. The van der Waals surface area contributed by atoms with Crippen LogP contribution in [0.25, 0.3) is 0 Å². The second-order valence-corrected chi connectivity index (χ2v) is 7.64. The summed E-state index contributed by atoms with van der Waals surface area (Å²) < 4.78 is 2.06. The number of amides is 1. The maximum absolute atomic E-state index is 12.1. The molecule has 0 unspecified atom stereocenters. The average molecular weight is 359 g/mol. The molecule has 1 aromatic carbocycles. The normalized spacial score (nSPS) is 15.2. The van der Waals surface area contributed by atoms with Crippen LogP contribution in [0.2, 0.25) is 0 Å². The zero-order valence-electron chi connectivity index (χ0n) is 14.8. The summed E-state index contributed by atoms with van der Waals surface area (Å²) in [6, 6.07) is 10.2. The summed E-state index contributed by atoms with van der Waals surface area (Å²) in [5.41, 5.74) is 1.20. The van der Waals surface area contributed by atoms with Crippen molar-refractivity contribution in [3.05, 3.63) is 41.7 Å². The van der Waals surface area contributed by atoms with Gasteiger partial charge in [0.1, 0.15) is 5.82 Å². The van der Waals surface area contributed by atoms with Crippen LogP contribution in [0.3, 0.4) is 0 Å². The molecule has 3 rings (SSSR count). The van der Waals surface area contributed by atoms with Gasteiger partial charge in [0.25, 0.3) is 0 Å². The summed E-state index contributed by atoms with van der Waals surface area (Å²) in [5, 5.41) is 12.3. The highest BCUT2D eigenvalue weighted by atomic mass is 32.2. The summed E-state index contributed by atoms with van der Waals surface area (Å²) in [5.74, 6) is 2.00. The van der Waals surface area contributed by atoms with Crippen molar-refractivity contribution in [3.63, 3.8) is 0 Å². The number of nitrogens with one attached hydrogen (secondary N) is 1. The number of thioether (sulfide) groups is 1. The van der Waals surface area contributed by atoms with Crippen molar-refractivity contribution in [1.29, 1.82) is 0 Å². The molecule has 5 nitrogen and oxygen atoms in total. The molecular weight excluding hydrogens is 332 g/mol. The number of carbonyl (C=O) groups is 1. The first-order valence-electron chi connectivity index (χ1n) is 9.05. The van der Waals surface area contributed by atoms with Crippen molar-refractivity contribution < 1.29 is 4.79 Å². The third-order valence-corrected chi connectivity index (χ3v) is 5.70. The van der Waals surface area contributed by atoms with Gasteiger partial charge in [-0.3, -0.25) is 4.79 Å². The molecule has 1 fully saturated rings. The number of carbonyl (C=O) groups excluding carboxylic acids is 1. The van der Waals surface area contributed by atoms with Crippen LogP contribution in [0.15, 0.2) is 35.5 Å². The first kappa shape index (κ1) is 18.0. The number of hydrogen-bond donors (Lipinski definition) is 1. The van der Waals surface area contributed by atoms with E-state index in [1.807, 2.05) is 25.1 Å². The Balaban J connectivity index is 1.50. The Hall–Kier alpha value is -1.82. The fourth-order valence-corrected chi connectivity index (χ4v) is 4.06. The van der Waals surface area contributed by atoms with E-state index in [0.717, 1.165) is 24.1 Å². The molecule has 1 N–H and O–H groups in total. The molecule has 6 heteroatoms. The lowest BCUT2D eigenvalue weighted by atomic mass is 9.89. The lowest BCUT2D eigenvalue weighted by molar-refractivity contribution is -0.118. The highest BCUT2D eigenvalue weighted by molar-refractivity contribution is 7.99. The second kappa shape index (κ2) is 9.04. The van der Waals surface area contributed by atoms with Gasteiger partial charge in [0.05, 0.1) is 12.3 Å². The molecule has 0 spiro atoms. The van der Waals surface area contributed by atoms with Crippen LogP contribution < -0.4 is 5.32 Å². The molecule has 0 atom stereocenters. The Morgan fingerprint density at radius 1 is 1.20 bits per heavy atom. The highest BCUT2D eigenvalue weighted by Crippen LogP contribution is 2.23. The van der Waals surface area contributed by atoms with Crippen molar-refractivity contribution in [2.75, 3.05) is 12.3 Å². The van der Waals surface area contributed by atoms with Gasteiger partial charge in [0, 0.05) is 6.54 Å². The van der Waals surface area contributed by atoms with E-state index < -0.39 is 0 Å². The molecule has 1 heterocycles. The monoisotopic (exact) mass is 358 g/mol. The number of benzene rings is 1.